The summed E-state index contributed by atoms with van der Waals surface area (Å²) in [5.74, 6) is 1.81. The number of aromatic nitrogens is 4. The molecule has 0 bridgehead atoms. The monoisotopic (exact) mass is 496 g/mol. The number of benzene rings is 4. The van der Waals surface area contributed by atoms with Gasteiger partial charge in [-0.1, -0.05) is 103 Å². The van der Waals surface area contributed by atoms with Gasteiger partial charge in [-0.25, -0.2) is 15.0 Å². The molecule has 176 valence electrons. The molecule has 0 saturated heterocycles. The van der Waals surface area contributed by atoms with Gasteiger partial charge in [0.05, 0.1) is 0 Å². The molecule has 4 nitrogen and oxygen atoms in total. The molecule has 0 aliphatic heterocycles. The van der Waals surface area contributed by atoms with Crippen molar-refractivity contribution in [3.8, 4) is 56.4 Å². The molecule has 0 spiro atoms. The first kappa shape index (κ1) is 22.8. The molecule has 4 aromatic carbocycles. The third-order valence-electron chi connectivity index (χ3n) is 6.07. The van der Waals surface area contributed by atoms with Crippen LogP contribution < -0.4 is 0 Å². The normalized spacial score (nSPS) is 10.8. The lowest BCUT2D eigenvalue weighted by Gasteiger charge is -2.11. The summed E-state index contributed by atoms with van der Waals surface area (Å²) >= 11 is 6.61. The first-order chi connectivity index (χ1) is 18.2. The lowest BCUT2D eigenvalue weighted by atomic mass is 9.99. The second-order valence-corrected chi connectivity index (χ2v) is 9.02. The molecule has 0 N–H and O–H groups in total. The topological polar surface area (TPSA) is 51.6 Å². The number of hydrogen-bond donors (Lipinski definition) is 0. The quantitative estimate of drug-likeness (QED) is 0.241. The fourth-order valence-corrected chi connectivity index (χ4v) is 4.45. The van der Waals surface area contributed by atoms with Crippen LogP contribution in [0.5, 0.6) is 0 Å². The highest BCUT2D eigenvalue weighted by Gasteiger charge is 2.14. The zero-order valence-electron chi connectivity index (χ0n) is 19.8. The van der Waals surface area contributed by atoms with Crippen LogP contribution in [0.25, 0.3) is 56.4 Å². The Morgan fingerprint density at radius 3 is 1.43 bits per heavy atom. The van der Waals surface area contributed by atoms with Crippen LogP contribution in [0.1, 0.15) is 0 Å². The lowest BCUT2D eigenvalue weighted by molar-refractivity contribution is 1.07. The van der Waals surface area contributed by atoms with Gasteiger partial charge in [0.1, 0.15) is 0 Å². The van der Waals surface area contributed by atoms with E-state index in [1.807, 2.05) is 85.1 Å². The van der Waals surface area contributed by atoms with Gasteiger partial charge in [-0.3, -0.25) is 4.98 Å². The molecule has 0 radical (unpaired) electrons. The van der Waals surface area contributed by atoms with E-state index in [4.69, 9.17) is 26.6 Å². The van der Waals surface area contributed by atoms with Gasteiger partial charge in [0.2, 0.25) is 0 Å². The summed E-state index contributed by atoms with van der Waals surface area (Å²) in [6.45, 7) is 0. The molecule has 0 saturated carbocycles. The fourth-order valence-electron chi connectivity index (χ4n) is 4.21. The zero-order valence-corrected chi connectivity index (χ0v) is 20.5. The van der Waals surface area contributed by atoms with E-state index in [1.165, 1.54) is 0 Å². The number of rotatable bonds is 5. The van der Waals surface area contributed by atoms with Crippen molar-refractivity contribution in [3.05, 3.63) is 133 Å². The Morgan fingerprint density at radius 1 is 0.405 bits per heavy atom. The van der Waals surface area contributed by atoms with E-state index in [1.54, 1.807) is 6.20 Å². The second-order valence-electron chi connectivity index (χ2n) is 8.59. The second kappa shape index (κ2) is 10.1. The van der Waals surface area contributed by atoms with Crippen molar-refractivity contribution in [3.63, 3.8) is 0 Å². The molecular weight excluding hydrogens is 476 g/mol. The SMILES string of the molecule is Clc1cc(-c2ccc(-c3cccnc3)cc2)cc(-c2nc(-c3ccccc3)nc(-c3ccccc3)n2)c1. The van der Waals surface area contributed by atoms with Crippen LogP contribution in [0, 0.1) is 0 Å². The lowest BCUT2D eigenvalue weighted by Crippen LogP contribution is -2.00. The Morgan fingerprint density at radius 2 is 0.892 bits per heavy atom. The number of nitrogens with zero attached hydrogens (tertiary/aromatic N) is 4. The van der Waals surface area contributed by atoms with Crippen molar-refractivity contribution < 1.29 is 0 Å². The molecule has 0 aliphatic rings. The Bertz CT molecular complexity index is 1600. The smallest absolute Gasteiger partial charge is 0.164 e. The molecule has 5 heteroatoms. The highest BCUT2D eigenvalue weighted by molar-refractivity contribution is 6.31. The Kier molecular flexibility index (Phi) is 6.24. The summed E-state index contributed by atoms with van der Waals surface area (Å²) in [6, 6.07) is 38.2. The minimum atomic E-state index is 0.573. The molecule has 0 aliphatic carbocycles. The van der Waals surface area contributed by atoms with E-state index in [0.717, 1.165) is 38.9 Å². The summed E-state index contributed by atoms with van der Waals surface area (Å²) in [4.78, 5) is 18.7. The molecule has 0 amide bonds. The van der Waals surface area contributed by atoms with Gasteiger partial charge in [0.25, 0.3) is 0 Å². The maximum atomic E-state index is 6.61. The van der Waals surface area contributed by atoms with Crippen molar-refractivity contribution in [1.82, 2.24) is 19.9 Å². The van der Waals surface area contributed by atoms with Gasteiger partial charge in [0, 0.05) is 34.1 Å². The minimum absolute atomic E-state index is 0.573. The highest BCUT2D eigenvalue weighted by Crippen LogP contribution is 2.32. The van der Waals surface area contributed by atoms with Crippen molar-refractivity contribution in [2.24, 2.45) is 0 Å². The predicted molar refractivity (Wildman–Crippen MR) is 150 cm³/mol. The van der Waals surface area contributed by atoms with E-state index in [0.29, 0.717) is 22.5 Å². The first-order valence-electron chi connectivity index (χ1n) is 11.9. The fraction of sp³-hybridized carbons (Fsp3) is 0. The van der Waals surface area contributed by atoms with Crippen molar-refractivity contribution in [2.75, 3.05) is 0 Å². The summed E-state index contributed by atoms with van der Waals surface area (Å²) in [5.41, 5.74) is 6.91. The van der Waals surface area contributed by atoms with Crippen LogP contribution in [0.15, 0.2) is 128 Å². The van der Waals surface area contributed by atoms with Crippen LogP contribution in [-0.2, 0) is 0 Å². The van der Waals surface area contributed by atoms with E-state index in [2.05, 4.69) is 41.4 Å². The van der Waals surface area contributed by atoms with Gasteiger partial charge in [-0.15, -0.1) is 0 Å². The van der Waals surface area contributed by atoms with Gasteiger partial charge in [0.15, 0.2) is 17.5 Å². The summed E-state index contributed by atoms with van der Waals surface area (Å²) in [5, 5.41) is 0.617. The van der Waals surface area contributed by atoms with Gasteiger partial charge < -0.3 is 0 Å². The Labute approximate surface area is 220 Å². The Balaban J connectivity index is 1.44. The average molecular weight is 497 g/mol. The molecule has 6 aromatic rings. The third-order valence-corrected chi connectivity index (χ3v) is 6.29. The standard InChI is InChI=1S/C32H21ClN4/c33-29-19-27(23-15-13-22(14-16-23)26-12-7-17-34-21-26)18-28(20-29)32-36-30(24-8-3-1-4-9-24)35-31(37-32)25-10-5-2-6-11-25/h1-21H. The van der Waals surface area contributed by atoms with Gasteiger partial charge >= 0.3 is 0 Å². The number of hydrogen-bond acceptors (Lipinski definition) is 4. The van der Waals surface area contributed by atoms with Crippen molar-refractivity contribution >= 4 is 11.6 Å². The molecule has 2 aromatic heterocycles. The maximum absolute atomic E-state index is 6.61. The molecule has 37 heavy (non-hydrogen) atoms. The van der Waals surface area contributed by atoms with Gasteiger partial charge in [-0.05, 0) is 46.5 Å². The number of pyridine rings is 1. The molecule has 6 rings (SSSR count). The van der Waals surface area contributed by atoms with Crippen LogP contribution in [-0.4, -0.2) is 19.9 Å². The van der Waals surface area contributed by atoms with Gasteiger partial charge in [-0.2, -0.15) is 0 Å². The molecular formula is C32H21ClN4. The average Bonchev–Trinajstić information content (AvgIpc) is 2.98. The van der Waals surface area contributed by atoms with Crippen LogP contribution >= 0.6 is 11.6 Å². The Hall–Kier alpha value is -4.67. The van der Waals surface area contributed by atoms with Crippen LogP contribution in [0.4, 0.5) is 0 Å². The largest absolute Gasteiger partial charge is 0.264 e. The van der Waals surface area contributed by atoms with E-state index in [-0.39, 0.29) is 0 Å². The summed E-state index contributed by atoms with van der Waals surface area (Å²) in [7, 11) is 0. The van der Waals surface area contributed by atoms with E-state index >= 15 is 0 Å². The van der Waals surface area contributed by atoms with Crippen LogP contribution in [0.2, 0.25) is 5.02 Å². The van der Waals surface area contributed by atoms with E-state index in [9.17, 15) is 0 Å². The first-order valence-corrected chi connectivity index (χ1v) is 12.3. The zero-order chi connectivity index (χ0) is 25.0. The van der Waals surface area contributed by atoms with Crippen molar-refractivity contribution in [2.45, 2.75) is 0 Å². The molecule has 0 unspecified atom stereocenters. The molecule has 0 fully saturated rings. The molecule has 2 heterocycles. The third kappa shape index (κ3) is 5.01. The van der Waals surface area contributed by atoms with E-state index < -0.39 is 0 Å². The number of halogens is 1. The van der Waals surface area contributed by atoms with Crippen molar-refractivity contribution in [1.29, 1.82) is 0 Å². The molecule has 0 atom stereocenters. The summed E-state index contributed by atoms with van der Waals surface area (Å²) in [6.07, 6.45) is 3.64. The predicted octanol–water partition coefficient (Wildman–Crippen LogP) is 8.26. The highest BCUT2D eigenvalue weighted by atomic mass is 35.5. The summed E-state index contributed by atoms with van der Waals surface area (Å²) < 4.78 is 0. The minimum Gasteiger partial charge on any atom is -0.264 e. The maximum Gasteiger partial charge on any atom is 0.164 e. The van der Waals surface area contributed by atoms with Crippen LogP contribution in [0.3, 0.4) is 0 Å².